The molecule has 0 heterocycles. The van der Waals surface area contributed by atoms with E-state index in [1.54, 1.807) is 13.0 Å². The third-order valence-electron chi connectivity index (χ3n) is 3.14. The first kappa shape index (κ1) is 15.4. The molecule has 2 aromatic rings. The zero-order chi connectivity index (χ0) is 16.1. The zero-order valence-corrected chi connectivity index (χ0v) is 12.2. The summed E-state index contributed by atoms with van der Waals surface area (Å²) in [5.41, 5.74) is 4.70. The molecule has 0 saturated carbocycles. The maximum absolute atomic E-state index is 12.0. The summed E-state index contributed by atoms with van der Waals surface area (Å²) in [6.45, 7) is 3.73. The number of benzene rings is 2. The van der Waals surface area contributed by atoms with E-state index < -0.39 is 10.8 Å². The molecule has 0 aromatic heterocycles. The molecule has 0 radical (unpaired) electrons. The van der Waals surface area contributed by atoms with Gasteiger partial charge >= 0.3 is 0 Å². The first-order valence-corrected chi connectivity index (χ1v) is 6.64. The molecule has 1 amide bonds. The van der Waals surface area contributed by atoms with Crippen LogP contribution in [0.25, 0.3) is 0 Å². The van der Waals surface area contributed by atoms with Crippen molar-refractivity contribution < 1.29 is 9.72 Å². The van der Waals surface area contributed by atoms with Crippen LogP contribution in [0, 0.1) is 17.0 Å². The minimum absolute atomic E-state index is 0.0204. The van der Waals surface area contributed by atoms with E-state index in [4.69, 9.17) is 0 Å². The van der Waals surface area contributed by atoms with E-state index in [0.29, 0.717) is 5.71 Å². The summed E-state index contributed by atoms with van der Waals surface area (Å²) in [6, 6.07) is 13.4. The monoisotopic (exact) mass is 297 g/mol. The lowest BCUT2D eigenvalue weighted by Gasteiger charge is -2.04. The van der Waals surface area contributed by atoms with Gasteiger partial charge in [0.2, 0.25) is 0 Å². The molecule has 0 aliphatic heterocycles. The Labute approximate surface area is 127 Å². The SMILES string of the molecule is CC(=NNC(=O)c1ccccc1[N+](=O)[O-])c1ccc(C)cc1. The number of nitrogens with one attached hydrogen (secondary N) is 1. The fourth-order valence-corrected chi connectivity index (χ4v) is 1.88. The maximum atomic E-state index is 12.0. The normalized spacial score (nSPS) is 11.1. The summed E-state index contributed by atoms with van der Waals surface area (Å²) in [6.07, 6.45) is 0. The van der Waals surface area contributed by atoms with Crippen LogP contribution in [0.1, 0.15) is 28.4 Å². The number of hydrogen-bond donors (Lipinski definition) is 1. The molecule has 0 aliphatic rings. The number of hydrogen-bond acceptors (Lipinski definition) is 4. The predicted octanol–water partition coefficient (Wildman–Crippen LogP) is 3.06. The Morgan fingerprint density at radius 2 is 1.77 bits per heavy atom. The highest BCUT2D eigenvalue weighted by Crippen LogP contribution is 2.17. The number of hydrazone groups is 1. The molecule has 2 aromatic carbocycles. The maximum Gasteiger partial charge on any atom is 0.282 e. The van der Waals surface area contributed by atoms with Gasteiger partial charge in [0.1, 0.15) is 5.56 Å². The number of nitrogens with zero attached hydrogens (tertiary/aromatic N) is 2. The van der Waals surface area contributed by atoms with Crippen LogP contribution in [0.15, 0.2) is 53.6 Å². The third-order valence-corrected chi connectivity index (χ3v) is 3.14. The molecule has 0 bridgehead atoms. The van der Waals surface area contributed by atoms with Crippen molar-refractivity contribution in [2.75, 3.05) is 0 Å². The summed E-state index contributed by atoms with van der Waals surface area (Å²) >= 11 is 0. The fraction of sp³-hybridized carbons (Fsp3) is 0.125. The van der Waals surface area contributed by atoms with Crippen molar-refractivity contribution >= 4 is 17.3 Å². The number of rotatable bonds is 4. The minimum atomic E-state index is -0.612. The topological polar surface area (TPSA) is 84.6 Å². The van der Waals surface area contributed by atoms with E-state index >= 15 is 0 Å². The van der Waals surface area contributed by atoms with E-state index in [9.17, 15) is 14.9 Å². The number of carbonyl (C=O) groups is 1. The Bertz CT molecular complexity index is 737. The quantitative estimate of drug-likeness (QED) is 0.534. The Morgan fingerprint density at radius 1 is 1.14 bits per heavy atom. The van der Waals surface area contributed by atoms with E-state index in [2.05, 4.69) is 10.5 Å². The summed E-state index contributed by atoms with van der Waals surface area (Å²) in [5, 5.41) is 14.9. The molecule has 112 valence electrons. The van der Waals surface area contributed by atoms with Crippen molar-refractivity contribution in [3.05, 3.63) is 75.3 Å². The van der Waals surface area contributed by atoms with Gasteiger partial charge in [-0.2, -0.15) is 5.10 Å². The van der Waals surface area contributed by atoms with Crippen molar-refractivity contribution in [1.82, 2.24) is 5.43 Å². The lowest BCUT2D eigenvalue weighted by molar-refractivity contribution is -0.385. The molecule has 6 heteroatoms. The van der Waals surface area contributed by atoms with Crippen LogP contribution in [0.4, 0.5) is 5.69 Å². The molecule has 0 saturated heterocycles. The van der Waals surface area contributed by atoms with E-state index in [1.165, 1.54) is 18.2 Å². The summed E-state index contributed by atoms with van der Waals surface area (Å²) in [4.78, 5) is 22.4. The number of carbonyl (C=O) groups excluding carboxylic acids is 1. The molecular formula is C16H15N3O3. The highest BCUT2D eigenvalue weighted by atomic mass is 16.6. The second-order valence-electron chi connectivity index (χ2n) is 4.78. The van der Waals surface area contributed by atoms with Crippen LogP contribution in [-0.4, -0.2) is 16.5 Å². The van der Waals surface area contributed by atoms with E-state index in [1.807, 2.05) is 31.2 Å². The number of para-hydroxylation sites is 1. The number of amides is 1. The molecule has 1 N–H and O–H groups in total. The van der Waals surface area contributed by atoms with Gasteiger partial charge in [-0.15, -0.1) is 0 Å². The van der Waals surface area contributed by atoms with E-state index in [0.717, 1.165) is 11.1 Å². The third kappa shape index (κ3) is 3.54. The average molecular weight is 297 g/mol. The molecule has 0 unspecified atom stereocenters. The molecule has 22 heavy (non-hydrogen) atoms. The Kier molecular flexibility index (Phi) is 4.63. The summed E-state index contributed by atoms with van der Waals surface area (Å²) < 4.78 is 0. The molecule has 6 nitrogen and oxygen atoms in total. The van der Waals surface area contributed by atoms with Crippen LogP contribution >= 0.6 is 0 Å². The first-order valence-electron chi connectivity index (χ1n) is 6.64. The molecule has 0 fully saturated rings. The molecule has 0 spiro atoms. The van der Waals surface area contributed by atoms with Crippen molar-refractivity contribution in [3.8, 4) is 0 Å². The molecule has 0 atom stereocenters. The average Bonchev–Trinajstić information content (AvgIpc) is 2.53. The van der Waals surface area contributed by atoms with Crippen LogP contribution in [0.5, 0.6) is 0 Å². The number of aryl methyl sites for hydroxylation is 1. The molecular weight excluding hydrogens is 282 g/mol. The van der Waals surface area contributed by atoms with Crippen molar-refractivity contribution in [3.63, 3.8) is 0 Å². The second-order valence-corrected chi connectivity index (χ2v) is 4.78. The summed E-state index contributed by atoms with van der Waals surface area (Å²) in [7, 11) is 0. The zero-order valence-electron chi connectivity index (χ0n) is 12.2. The second kappa shape index (κ2) is 6.62. The highest BCUT2D eigenvalue weighted by Gasteiger charge is 2.18. The Morgan fingerprint density at radius 3 is 2.41 bits per heavy atom. The van der Waals surface area contributed by atoms with Crippen LogP contribution in [-0.2, 0) is 0 Å². The van der Waals surface area contributed by atoms with Crippen LogP contribution in [0.2, 0.25) is 0 Å². The largest absolute Gasteiger partial charge is 0.282 e. The standard InChI is InChI=1S/C16H15N3O3/c1-11-7-9-13(10-8-11)12(2)17-18-16(20)14-5-3-4-6-15(14)19(21)22/h3-10H,1-2H3,(H,18,20). The first-order chi connectivity index (χ1) is 10.5. The Balaban J connectivity index is 2.17. The van der Waals surface area contributed by atoms with Crippen LogP contribution in [0.3, 0.4) is 0 Å². The van der Waals surface area contributed by atoms with Gasteiger partial charge in [0.05, 0.1) is 10.6 Å². The lowest BCUT2D eigenvalue weighted by Crippen LogP contribution is -2.20. The van der Waals surface area contributed by atoms with Crippen molar-refractivity contribution in [1.29, 1.82) is 0 Å². The van der Waals surface area contributed by atoms with Crippen LogP contribution < -0.4 is 5.43 Å². The van der Waals surface area contributed by atoms with Gasteiger partial charge in [0, 0.05) is 6.07 Å². The summed E-state index contributed by atoms with van der Waals surface area (Å²) in [5.74, 6) is -0.612. The number of nitro groups is 1. The number of nitro benzene ring substituents is 1. The van der Waals surface area contributed by atoms with E-state index in [-0.39, 0.29) is 11.3 Å². The molecule has 2 rings (SSSR count). The van der Waals surface area contributed by atoms with Gasteiger partial charge in [-0.3, -0.25) is 14.9 Å². The van der Waals surface area contributed by atoms with Gasteiger partial charge in [0.15, 0.2) is 0 Å². The van der Waals surface area contributed by atoms with Crippen molar-refractivity contribution in [2.24, 2.45) is 5.10 Å². The van der Waals surface area contributed by atoms with Gasteiger partial charge in [0.25, 0.3) is 11.6 Å². The van der Waals surface area contributed by atoms with Crippen molar-refractivity contribution in [2.45, 2.75) is 13.8 Å². The van der Waals surface area contributed by atoms with Gasteiger partial charge in [-0.05, 0) is 25.5 Å². The lowest BCUT2D eigenvalue weighted by atomic mass is 10.1. The van der Waals surface area contributed by atoms with Gasteiger partial charge in [-0.25, -0.2) is 5.43 Å². The predicted molar refractivity (Wildman–Crippen MR) is 84.0 cm³/mol. The Hall–Kier alpha value is -3.02. The van der Waals surface area contributed by atoms with Gasteiger partial charge in [-0.1, -0.05) is 42.0 Å². The minimum Gasteiger partial charge on any atom is -0.267 e. The highest BCUT2D eigenvalue weighted by molar-refractivity contribution is 6.02. The fourth-order valence-electron chi connectivity index (χ4n) is 1.88. The molecule has 0 aliphatic carbocycles. The van der Waals surface area contributed by atoms with Gasteiger partial charge < -0.3 is 0 Å². The smallest absolute Gasteiger partial charge is 0.267 e.